The molecule has 0 spiro atoms. The second-order valence-electron chi connectivity index (χ2n) is 6.06. The highest BCUT2D eigenvalue weighted by atomic mass is 16.5. The van der Waals surface area contributed by atoms with Crippen LogP contribution < -0.4 is 0 Å². The predicted octanol–water partition coefficient (Wildman–Crippen LogP) is 3.07. The second kappa shape index (κ2) is 12.3. The normalized spacial score (nSPS) is 10.1. The molecule has 0 aliphatic carbocycles. The highest BCUT2D eigenvalue weighted by Crippen LogP contribution is 2.07. The van der Waals surface area contributed by atoms with E-state index in [0.717, 1.165) is 11.1 Å². The van der Waals surface area contributed by atoms with Crippen LogP contribution in [0.15, 0.2) is 48.5 Å². The van der Waals surface area contributed by atoms with E-state index in [9.17, 15) is 9.59 Å². The number of carbonyl (C=O) groups is 2. The maximum Gasteiger partial charge on any atom is 0.235 e. The molecular weight excluding hydrogens is 368 g/mol. The molecule has 0 amide bonds. The third-order valence-electron chi connectivity index (χ3n) is 3.98. The smallest absolute Gasteiger partial charge is 0.235 e. The fourth-order valence-corrected chi connectivity index (χ4v) is 2.39. The first-order valence-corrected chi connectivity index (χ1v) is 9.07. The number of benzene rings is 2. The van der Waals surface area contributed by atoms with Crippen LogP contribution in [0.4, 0.5) is 0 Å². The molecule has 0 radical (unpaired) electrons. The maximum atomic E-state index is 11.3. The Morgan fingerprint density at radius 1 is 0.621 bits per heavy atom. The molecule has 0 saturated carbocycles. The third-order valence-corrected chi connectivity index (χ3v) is 3.98. The van der Waals surface area contributed by atoms with Gasteiger partial charge in [0.2, 0.25) is 11.6 Å². The van der Waals surface area contributed by atoms with Crippen LogP contribution in [0.5, 0.6) is 0 Å². The molecule has 0 unspecified atom stereocenters. The number of terminal acetylenes is 2. The molecule has 29 heavy (non-hydrogen) atoms. The Labute approximate surface area is 171 Å². The molecule has 2 rings (SSSR count). The highest BCUT2D eigenvalue weighted by molar-refractivity contribution is 6.09. The van der Waals surface area contributed by atoms with E-state index in [0.29, 0.717) is 50.8 Å². The molecule has 0 bridgehead atoms. The van der Waals surface area contributed by atoms with Gasteiger partial charge in [-0.1, -0.05) is 48.5 Å². The third kappa shape index (κ3) is 7.73. The van der Waals surface area contributed by atoms with Crippen molar-refractivity contribution >= 4 is 11.6 Å². The van der Waals surface area contributed by atoms with Crippen molar-refractivity contribution in [1.29, 1.82) is 0 Å². The van der Waals surface area contributed by atoms with Crippen LogP contribution in [0.3, 0.4) is 0 Å². The average molecular weight is 390 g/mol. The van der Waals surface area contributed by atoms with Crippen molar-refractivity contribution in [2.24, 2.45) is 0 Å². The summed E-state index contributed by atoms with van der Waals surface area (Å²) in [6.45, 7) is 2.69. The molecule has 2 aromatic rings. The summed E-state index contributed by atoms with van der Waals surface area (Å²) in [7, 11) is 0. The summed E-state index contributed by atoms with van der Waals surface area (Å²) in [5.41, 5.74) is 2.90. The SMILES string of the molecule is C#CC(=O)c1ccc(COCCOCCOCc2ccc(C(=O)C#C)cc2)cc1. The Morgan fingerprint density at radius 3 is 1.31 bits per heavy atom. The van der Waals surface area contributed by atoms with Gasteiger partial charge in [0.25, 0.3) is 0 Å². The molecule has 0 saturated heterocycles. The van der Waals surface area contributed by atoms with Crippen molar-refractivity contribution in [2.75, 3.05) is 26.4 Å². The quantitative estimate of drug-likeness (QED) is 0.241. The molecule has 0 fully saturated rings. The summed E-state index contributed by atoms with van der Waals surface area (Å²) < 4.78 is 16.5. The van der Waals surface area contributed by atoms with Crippen molar-refractivity contribution in [2.45, 2.75) is 13.2 Å². The van der Waals surface area contributed by atoms with Gasteiger partial charge in [0.05, 0.1) is 39.6 Å². The van der Waals surface area contributed by atoms with Crippen molar-refractivity contribution in [1.82, 2.24) is 0 Å². The largest absolute Gasteiger partial charge is 0.377 e. The van der Waals surface area contributed by atoms with Gasteiger partial charge in [0.15, 0.2) is 0 Å². The zero-order chi connectivity index (χ0) is 20.9. The van der Waals surface area contributed by atoms with Gasteiger partial charge in [-0.15, -0.1) is 12.8 Å². The van der Waals surface area contributed by atoms with Gasteiger partial charge in [-0.05, 0) is 23.0 Å². The van der Waals surface area contributed by atoms with E-state index in [2.05, 4.69) is 11.8 Å². The van der Waals surface area contributed by atoms with Crippen molar-refractivity contribution in [3.63, 3.8) is 0 Å². The van der Waals surface area contributed by atoms with Crippen LogP contribution in [0.25, 0.3) is 0 Å². The van der Waals surface area contributed by atoms with Crippen LogP contribution in [0, 0.1) is 24.7 Å². The Kier molecular flexibility index (Phi) is 9.35. The minimum absolute atomic E-state index is 0.330. The number of carbonyl (C=O) groups excluding carboxylic acids is 2. The number of hydrogen-bond donors (Lipinski definition) is 0. The Hall–Kier alpha value is -3.22. The molecule has 0 heterocycles. The summed E-state index contributed by atoms with van der Waals surface area (Å²) >= 11 is 0. The van der Waals surface area contributed by atoms with E-state index in [1.54, 1.807) is 24.3 Å². The van der Waals surface area contributed by atoms with Gasteiger partial charge in [0, 0.05) is 11.1 Å². The van der Waals surface area contributed by atoms with Gasteiger partial charge in [-0.25, -0.2) is 0 Å². The number of Topliss-reactive ketones (excluding diaryl/α,β-unsaturated/α-hetero) is 2. The van der Waals surface area contributed by atoms with Crippen LogP contribution in [-0.2, 0) is 27.4 Å². The Morgan fingerprint density at radius 2 is 0.966 bits per heavy atom. The number of hydrogen-bond acceptors (Lipinski definition) is 5. The molecule has 2 aromatic carbocycles. The predicted molar refractivity (Wildman–Crippen MR) is 109 cm³/mol. The molecule has 148 valence electrons. The first-order valence-electron chi connectivity index (χ1n) is 9.07. The minimum atomic E-state index is -0.330. The standard InChI is InChI=1S/C24H22O5/c1-3-23(25)21-9-5-19(6-10-21)17-28-15-13-27-14-16-29-18-20-7-11-22(12-8-20)24(26)4-2/h1-2,5-12H,13-18H2. The van der Waals surface area contributed by atoms with E-state index in [1.165, 1.54) is 0 Å². The number of ketones is 2. The fourth-order valence-electron chi connectivity index (χ4n) is 2.39. The molecule has 0 aromatic heterocycles. The van der Waals surface area contributed by atoms with Crippen LogP contribution >= 0.6 is 0 Å². The van der Waals surface area contributed by atoms with E-state index in [1.807, 2.05) is 24.3 Å². The number of ether oxygens (including phenoxy) is 3. The average Bonchev–Trinajstić information content (AvgIpc) is 2.77. The Balaban J connectivity index is 1.51. The van der Waals surface area contributed by atoms with E-state index >= 15 is 0 Å². The van der Waals surface area contributed by atoms with E-state index in [-0.39, 0.29) is 11.6 Å². The Bertz CT molecular complexity index is 807. The second-order valence-corrected chi connectivity index (χ2v) is 6.06. The van der Waals surface area contributed by atoms with E-state index < -0.39 is 0 Å². The summed E-state index contributed by atoms with van der Waals surface area (Å²) in [5.74, 6) is 3.51. The molecule has 0 aliphatic heterocycles. The monoisotopic (exact) mass is 390 g/mol. The molecule has 5 heteroatoms. The number of rotatable bonds is 12. The minimum Gasteiger partial charge on any atom is -0.377 e. The lowest BCUT2D eigenvalue weighted by molar-refractivity contribution is 0.00704. The fraction of sp³-hybridized carbons (Fsp3) is 0.250. The lowest BCUT2D eigenvalue weighted by Crippen LogP contribution is -2.09. The summed E-state index contributed by atoms with van der Waals surface area (Å²) in [6.07, 6.45) is 10.2. The summed E-state index contributed by atoms with van der Waals surface area (Å²) in [4.78, 5) is 22.7. The molecular formula is C24H22O5. The van der Waals surface area contributed by atoms with Gasteiger partial charge in [-0.3, -0.25) is 9.59 Å². The van der Waals surface area contributed by atoms with Crippen LogP contribution in [-0.4, -0.2) is 38.0 Å². The molecule has 5 nitrogen and oxygen atoms in total. The van der Waals surface area contributed by atoms with Gasteiger partial charge in [0.1, 0.15) is 0 Å². The zero-order valence-corrected chi connectivity index (χ0v) is 16.1. The molecule has 0 atom stereocenters. The first kappa shape index (κ1) is 22.1. The van der Waals surface area contributed by atoms with Crippen molar-refractivity contribution < 1.29 is 23.8 Å². The summed E-state index contributed by atoms with van der Waals surface area (Å²) in [5, 5.41) is 0. The zero-order valence-electron chi connectivity index (χ0n) is 16.1. The maximum absolute atomic E-state index is 11.3. The topological polar surface area (TPSA) is 61.8 Å². The molecule has 0 N–H and O–H groups in total. The van der Waals surface area contributed by atoms with Gasteiger partial charge < -0.3 is 14.2 Å². The lowest BCUT2D eigenvalue weighted by Gasteiger charge is -2.07. The van der Waals surface area contributed by atoms with Gasteiger partial charge >= 0.3 is 0 Å². The lowest BCUT2D eigenvalue weighted by atomic mass is 10.1. The highest BCUT2D eigenvalue weighted by Gasteiger charge is 2.02. The van der Waals surface area contributed by atoms with Gasteiger partial charge in [-0.2, -0.15) is 0 Å². The van der Waals surface area contributed by atoms with Crippen molar-refractivity contribution in [3.05, 3.63) is 70.8 Å². The van der Waals surface area contributed by atoms with Crippen LogP contribution in [0.2, 0.25) is 0 Å². The summed E-state index contributed by atoms with van der Waals surface area (Å²) in [6, 6.07) is 14.0. The van der Waals surface area contributed by atoms with Crippen molar-refractivity contribution in [3.8, 4) is 24.7 Å². The van der Waals surface area contributed by atoms with E-state index in [4.69, 9.17) is 27.1 Å². The molecule has 0 aliphatic rings. The van der Waals surface area contributed by atoms with Crippen LogP contribution in [0.1, 0.15) is 31.8 Å². The first-order chi connectivity index (χ1) is 14.1.